The lowest BCUT2D eigenvalue weighted by Gasteiger charge is -2.34. The second kappa shape index (κ2) is 8.17. The van der Waals surface area contributed by atoms with E-state index < -0.39 is 43.6 Å². The quantitative estimate of drug-likeness (QED) is 0.353. The molecule has 35 heavy (non-hydrogen) atoms. The molecule has 2 aromatic carbocycles. The number of anilines is 2. The van der Waals surface area contributed by atoms with Crippen LogP contribution >= 0.6 is 69.6 Å². The molecule has 1 aliphatic heterocycles. The van der Waals surface area contributed by atoms with Crippen molar-refractivity contribution in [2.24, 2.45) is 11.8 Å². The summed E-state index contributed by atoms with van der Waals surface area (Å²) in [5, 5.41) is 2.44. The molecule has 6 nitrogen and oxygen atoms in total. The SMILES string of the molecule is COc1cccc(NC(=O)c2ccc(N3C(=O)[C@@H]4[C@H](C3=O)[C@@]3(Cl)C(Cl)=C(Cl)[C@@]4(Cl)C3(Cl)Cl)cc2)c1. The monoisotopic (exact) mass is 592 g/mol. The third kappa shape index (κ3) is 3.08. The van der Waals surface area contributed by atoms with Crippen molar-refractivity contribution in [2.75, 3.05) is 17.3 Å². The molecule has 4 atom stereocenters. The van der Waals surface area contributed by atoms with E-state index >= 15 is 0 Å². The average Bonchev–Trinajstić information content (AvgIpc) is 3.22. The maximum absolute atomic E-state index is 13.4. The zero-order valence-corrected chi connectivity index (χ0v) is 22.2. The zero-order chi connectivity index (χ0) is 25.5. The van der Waals surface area contributed by atoms with Crippen molar-refractivity contribution in [3.05, 3.63) is 64.2 Å². The standard InChI is InChI=1S/C23H14Cl6N2O4/c1-35-13-4-2-3-11(9-13)30-18(32)10-5-7-12(8-6-10)31-19(33)14-15(20(31)34)22(27)17(25)16(24)21(14,26)23(22,28)29/h2-9,14-15H,1H3,(H,30,32)/t14-,15+,21-,22-/m1/s1. The van der Waals surface area contributed by atoms with Gasteiger partial charge in [0.25, 0.3) is 5.91 Å². The molecule has 3 amide bonds. The first-order valence-electron chi connectivity index (χ1n) is 10.2. The number of hydrogen-bond donors (Lipinski definition) is 1. The third-order valence-corrected chi connectivity index (χ3v) is 10.9. The molecule has 12 heteroatoms. The van der Waals surface area contributed by atoms with Gasteiger partial charge in [-0.3, -0.25) is 14.4 Å². The number of carbonyl (C=O) groups excluding carboxylic acids is 3. The van der Waals surface area contributed by atoms with Crippen LogP contribution in [-0.4, -0.2) is 38.9 Å². The van der Waals surface area contributed by atoms with Gasteiger partial charge in [0.15, 0.2) is 4.33 Å². The molecule has 182 valence electrons. The summed E-state index contributed by atoms with van der Waals surface area (Å²) in [5.74, 6) is -3.59. The molecular formula is C23H14Cl6N2O4. The van der Waals surface area contributed by atoms with Crippen LogP contribution in [0.2, 0.25) is 0 Å². The number of nitrogens with zero attached hydrogens (tertiary/aromatic N) is 1. The van der Waals surface area contributed by atoms with Gasteiger partial charge in [0.1, 0.15) is 15.5 Å². The smallest absolute Gasteiger partial charge is 0.255 e. The highest BCUT2D eigenvalue weighted by molar-refractivity contribution is 6.67. The Morgan fingerprint density at radius 3 is 1.97 bits per heavy atom. The number of halogens is 6. The van der Waals surface area contributed by atoms with E-state index in [-0.39, 0.29) is 15.8 Å². The number of carbonyl (C=O) groups is 3. The van der Waals surface area contributed by atoms with Crippen molar-refractivity contribution < 1.29 is 19.1 Å². The Kier molecular flexibility index (Phi) is 5.83. The van der Waals surface area contributed by atoms with E-state index in [2.05, 4.69) is 5.32 Å². The number of rotatable bonds is 4. The van der Waals surface area contributed by atoms with E-state index in [0.29, 0.717) is 17.0 Å². The summed E-state index contributed by atoms with van der Waals surface area (Å²) in [6, 6.07) is 12.8. The third-order valence-electron chi connectivity index (χ3n) is 6.62. The Hall–Kier alpha value is -1.67. The fourth-order valence-corrected chi connectivity index (χ4v) is 7.84. The van der Waals surface area contributed by atoms with Crippen LogP contribution in [0.3, 0.4) is 0 Å². The van der Waals surface area contributed by atoms with Gasteiger partial charge >= 0.3 is 0 Å². The highest BCUT2D eigenvalue weighted by Crippen LogP contribution is 2.77. The topological polar surface area (TPSA) is 75.7 Å². The van der Waals surface area contributed by atoms with Crippen LogP contribution in [0.4, 0.5) is 11.4 Å². The Bertz CT molecular complexity index is 1280. The molecule has 0 radical (unpaired) electrons. The number of alkyl halides is 4. The molecule has 2 aromatic rings. The Balaban J connectivity index is 1.43. The summed E-state index contributed by atoms with van der Waals surface area (Å²) in [6.07, 6.45) is 0. The van der Waals surface area contributed by atoms with Crippen LogP contribution in [0.5, 0.6) is 5.75 Å². The van der Waals surface area contributed by atoms with Gasteiger partial charge in [0.05, 0.1) is 34.7 Å². The number of benzene rings is 2. The number of ether oxygens (including phenoxy) is 1. The van der Waals surface area contributed by atoms with Crippen molar-refractivity contribution in [3.8, 4) is 5.75 Å². The number of amides is 3. The summed E-state index contributed by atoms with van der Waals surface area (Å²) >= 11 is 39.0. The molecule has 2 aliphatic carbocycles. The highest BCUT2D eigenvalue weighted by atomic mass is 35.5. The van der Waals surface area contributed by atoms with Crippen molar-refractivity contribution in [1.29, 1.82) is 0 Å². The van der Waals surface area contributed by atoms with Crippen LogP contribution in [0.25, 0.3) is 0 Å². The van der Waals surface area contributed by atoms with Gasteiger partial charge in [-0.25, -0.2) is 4.90 Å². The molecule has 2 bridgehead atoms. The van der Waals surface area contributed by atoms with Gasteiger partial charge < -0.3 is 10.1 Å². The first-order valence-corrected chi connectivity index (χ1v) is 12.4. The zero-order valence-electron chi connectivity index (χ0n) is 17.6. The van der Waals surface area contributed by atoms with Crippen LogP contribution in [-0.2, 0) is 9.59 Å². The first-order chi connectivity index (χ1) is 16.4. The molecule has 1 saturated heterocycles. The number of imide groups is 1. The minimum absolute atomic E-state index is 0.158. The molecule has 1 heterocycles. The molecular weight excluding hydrogens is 581 g/mol. The van der Waals surface area contributed by atoms with Crippen molar-refractivity contribution >= 4 is 98.7 Å². The molecule has 0 unspecified atom stereocenters. The molecule has 1 N–H and O–H groups in total. The maximum atomic E-state index is 13.4. The molecule has 0 aromatic heterocycles. The number of methoxy groups -OCH3 is 1. The molecule has 3 aliphatic rings. The van der Waals surface area contributed by atoms with E-state index in [4.69, 9.17) is 74.3 Å². The van der Waals surface area contributed by atoms with E-state index in [1.54, 1.807) is 24.3 Å². The summed E-state index contributed by atoms with van der Waals surface area (Å²) in [7, 11) is 1.52. The van der Waals surface area contributed by atoms with Gasteiger partial charge in [-0.2, -0.15) is 0 Å². The second-order valence-electron chi connectivity index (χ2n) is 8.33. The lowest BCUT2D eigenvalue weighted by atomic mass is 9.84. The lowest BCUT2D eigenvalue weighted by molar-refractivity contribution is -0.123. The van der Waals surface area contributed by atoms with E-state index in [1.165, 1.54) is 31.4 Å². The van der Waals surface area contributed by atoms with Gasteiger partial charge in [-0.05, 0) is 36.4 Å². The Labute approximate surface area is 230 Å². The lowest BCUT2D eigenvalue weighted by Crippen LogP contribution is -2.50. The Morgan fingerprint density at radius 2 is 1.46 bits per heavy atom. The molecule has 2 fully saturated rings. The fraction of sp³-hybridized carbons (Fsp3) is 0.261. The van der Waals surface area contributed by atoms with Crippen LogP contribution in [0, 0.1) is 11.8 Å². The summed E-state index contributed by atoms with van der Waals surface area (Å²) in [4.78, 5) is 36.7. The van der Waals surface area contributed by atoms with E-state index in [0.717, 1.165) is 4.90 Å². The van der Waals surface area contributed by atoms with Gasteiger partial charge in [0, 0.05) is 17.3 Å². The van der Waals surface area contributed by atoms with Crippen molar-refractivity contribution in [2.45, 2.75) is 14.1 Å². The second-order valence-corrected chi connectivity index (χ2v) is 11.6. The number of hydrogen-bond acceptors (Lipinski definition) is 4. The molecule has 0 spiro atoms. The van der Waals surface area contributed by atoms with Crippen LogP contribution in [0.1, 0.15) is 10.4 Å². The van der Waals surface area contributed by atoms with Crippen LogP contribution in [0.15, 0.2) is 58.6 Å². The summed E-state index contributed by atoms with van der Waals surface area (Å²) < 4.78 is 3.16. The minimum atomic E-state index is -1.99. The number of nitrogens with one attached hydrogen (secondary N) is 1. The first kappa shape index (κ1) is 25.0. The predicted molar refractivity (Wildman–Crippen MR) is 137 cm³/mol. The van der Waals surface area contributed by atoms with E-state index in [1.807, 2.05) is 0 Å². The van der Waals surface area contributed by atoms with Crippen LogP contribution < -0.4 is 15.0 Å². The van der Waals surface area contributed by atoms with Crippen molar-refractivity contribution in [1.82, 2.24) is 0 Å². The van der Waals surface area contributed by atoms with Gasteiger partial charge in [-0.15, -0.1) is 23.2 Å². The summed E-state index contributed by atoms with van der Waals surface area (Å²) in [6.45, 7) is 0. The van der Waals surface area contributed by atoms with Gasteiger partial charge in [-0.1, -0.05) is 52.5 Å². The number of allylic oxidation sites excluding steroid dienone is 2. The maximum Gasteiger partial charge on any atom is 0.255 e. The highest BCUT2D eigenvalue weighted by Gasteiger charge is 2.87. The van der Waals surface area contributed by atoms with Gasteiger partial charge in [0.2, 0.25) is 11.8 Å². The minimum Gasteiger partial charge on any atom is -0.497 e. The van der Waals surface area contributed by atoms with Crippen molar-refractivity contribution in [3.63, 3.8) is 0 Å². The fourth-order valence-electron chi connectivity index (χ4n) is 4.92. The Morgan fingerprint density at radius 1 is 0.914 bits per heavy atom. The largest absolute Gasteiger partial charge is 0.497 e. The predicted octanol–water partition coefficient (Wildman–Crippen LogP) is 5.90. The summed E-state index contributed by atoms with van der Waals surface area (Å²) in [5.41, 5.74) is 1.06. The molecule has 1 saturated carbocycles. The molecule has 5 rings (SSSR count). The van der Waals surface area contributed by atoms with E-state index in [9.17, 15) is 14.4 Å². The normalized spacial score (nSPS) is 30.7. The number of fused-ring (bicyclic) bond motifs is 5. The average molecular weight is 595 g/mol.